The van der Waals surface area contributed by atoms with Gasteiger partial charge in [0.1, 0.15) is 0 Å². The van der Waals surface area contributed by atoms with E-state index in [1.165, 1.54) is 0 Å². The van der Waals surface area contributed by atoms with Gasteiger partial charge in [0, 0.05) is 24.7 Å². The molecule has 0 saturated carbocycles. The molecule has 3 rings (SSSR count). The van der Waals surface area contributed by atoms with Gasteiger partial charge in [0.25, 0.3) is 0 Å². The van der Waals surface area contributed by atoms with Gasteiger partial charge in [-0.15, -0.1) is 0 Å². The number of aryl methyl sites for hydroxylation is 1. The summed E-state index contributed by atoms with van der Waals surface area (Å²) in [7, 11) is 0. The monoisotopic (exact) mass is 329 g/mol. The molecule has 0 spiro atoms. The van der Waals surface area contributed by atoms with E-state index in [2.05, 4.69) is 26.2 Å². The largest absolute Gasteiger partial charge is 0.354 e. The minimum atomic E-state index is -0.616. The second-order valence-electron chi connectivity index (χ2n) is 5.16. The predicted molar refractivity (Wildman–Crippen MR) is 79.5 cm³/mol. The summed E-state index contributed by atoms with van der Waals surface area (Å²) in [5.74, 6) is -0.0613. The Bertz CT molecular complexity index is 652. The maximum absolute atomic E-state index is 14.0. The lowest BCUT2D eigenvalue weighted by atomic mass is 9.93. The zero-order chi connectivity index (χ0) is 15.0. The number of H-pyrrole nitrogens is 1. The summed E-state index contributed by atoms with van der Waals surface area (Å²) in [5.41, 5.74) is 2.11. The molecule has 1 N–H and O–H groups in total. The highest BCUT2D eigenvalue weighted by atomic mass is 35.5. The summed E-state index contributed by atoms with van der Waals surface area (Å²) in [6.45, 7) is 3.33. The van der Waals surface area contributed by atoms with E-state index in [1.807, 2.05) is 11.8 Å². The van der Waals surface area contributed by atoms with E-state index in [0.29, 0.717) is 19.0 Å². The van der Waals surface area contributed by atoms with Crippen molar-refractivity contribution in [1.82, 2.24) is 20.2 Å². The summed E-state index contributed by atoms with van der Waals surface area (Å²) in [5, 5.41) is 6.97. The van der Waals surface area contributed by atoms with Gasteiger partial charge in [0.2, 0.25) is 11.1 Å². The van der Waals surface area contributed by atoms with Crippen LogP contribution in [-0.2, 0) is 0 Å². The van der Waals surface area contributed by atoms with Crippen molar-refractivity contribution < 1.29 is 4.39 Å². The lowest BCUT2D eigenvalue weighted by molar-refractivity contribution is 0.484. The van der Waals surface area contributed by atoms with Crippen molar-refractivity contribution in [3.05, 3.63) is 33.7 Å². The van der Waals surface area contributed by atoms with Crippen molar-refractivity contribution in [2.24, 2.45) is 0 Å². The Balaban J connectivity index is 1.74. The Hall–Kier alpha value is -1.40. The Morgan fingerprint density at radius 1 is 1.29 bits per heavy atom. The standard InChI is InChI=1S/C13H14Cl2FN5/c1-7-6-9(20-19-7)8-2-4-21(5-3-8)12-10(16)11(14)17-13(15)18-12/h6,8H,2-5H2,1H3,(H,19,20). The third-order valence-corrected chi connectivity index (χ3v) is 4.12. The fourth-order valence-electron chi connectivity index (χ4n) is 2.63. The van der Waals surface area contributed by atoms with Gasteiger partial charge in [0.15, 0.2) is 11.0 Å². The molecule has 0 aromatic carbocycles. The zero-order valence-corrected chi connectivity index (χ0v) is 12.9. The molecule has 0 amide bonds. The van der Waals surface area contributed by atoms with E-state index in [4.69, 9.17) is 23.2 Å². The normalized spacial score (nSPS) is 16.5. The highest BCUT2D eigenvalue weighted by Gasteiger charge is 2.26. The van der Waals surface area contributed by atoms with Gasteiger partial charge in [-0.3, -0.25) is 5.10 Å². The number of aromatic nitrogens is 4. The minimum Gasteiger partial charge on any atom is -0.354 e. The number of aromatic amines is 1. The highest BCUT2D eigenvalue weighted by molar-refractivity contribution is 6.32. The molecule has 1 fully saturated rings. The van der Waals surface area contributed by atoms with Gasteiger partial charge in [-0.1, -0.05) is 11.6 Å². The average Bonchev–Trinajstić information content (AvgIpc) is 2.90. The molecule has 0 atom stereocenters. The maximum Gasteiger partial charge on any atom is 0.225 e. The summed E-state index contributed by atoms with van der Waals surface area (Å²) < 4.78 is 14.0. The fraction of sp³-hybridized carbons (Fsp3) is 0.462. The Labute approximate surface area is 131 Å². The molecule has 2 aromatic heterocycles. The second-order valence-corrected chi connectivity index (χ2v) is 5.85. The maximum atomic E-state index is 14.0. The van der Waals surface area contributed by atoms with Crippen molar-refractivity contribution >= 4 is 29.0 Å². The van der Waals surface area contributed by atoms with E-state index < -0.39 is 5.82 Å². The van der Waals surface area contributed by atoms with Crippen LogP contribution in [0.25, 0.3) is 0 Å². The van der Waals surface area contributed by atoms with E-state index in [-0.39, 0.29) is 16.3 Å². The Morgan fingerprint density at radius 3 is 2.62 bits per heavy atom. The van der Waals surface area contributed by atoms with E-state index in [1.54, 1.807) is 0 Å². The molecule has 0 bridgehead atoms. The lowest BCUT2D eigenvalue weighted by Crippen LogP contribution is -2.34. The van der Waals surface area contributed by atoms with Crippen molar-refractivity contribution in [2.45, 2.75) is 25.7 Å². The van der Waals surface area contributed by atoms with Crippen LogP contribution in [0.5, 0.6) is 0 Å². The van der Waals surface area contributed by atoms with E-state index in [0.717, 1.165) is 24.2 Å². The number of anilines is 1. The Morgan fingerprint density at radius 2 is 2.00 bits per heavy atom. The van der Waals surface area contributed by atoms with E-state index >= 15 is 0 Å². The van der Waals surface area contributed by atoms with Crippen molar-refractivity contribution in [2.75, 3.05) is 18.0 Å². The van der Waals surface area contributed by atoms with Crippen LogP contribution in [-0.4, -0.2) is 33.3 Å². The predicted octanol–water partition coefficient (Wildman–Crippen LogP) is 3.34. The molecule has 3 heterocycles. The first-order chi connectivity index (χ1) is 10.0. The zero-order valence-electron chi connectivity index (χ0n) is 11.4. The molecule has 8 heteroatoms. The van der Waals surface area contributed by atoms with Crippen LogP contribution in [0.3, 0.4) is 0 Å². The molecule has 21 heavy (non-hydrogen) atoms. The number of hydrogen-bond donors (Lipinski definition) is 1. The van der Waals surface area contributed by atoms with Crippen LogP contribution in [0.2, 0.25) is 10.4 Å². The quantitative estimate of drug-likeness (QED) is 0.678. The average molecular weight is 330 g/mol. The van der Waals surface area contributed by atoms with Gasteiger partial charge in [-0.25, -0.2) is 4.98 Å². The molecule has 1 saturated heterocycles. The second kappa shape index (κ2) is 5.77. The fourth-order valence-corrected chi connectivity index (χ4v) is 3.00. The third-order valence-electron chi connectivity index (χ3n) is 3.70. The number of piperidine rings is 1. The van der Waals surface area contributed by atoms with Crippen molar-refractivity contribution in [3.8, 4) is 0 Å². The van der Waals surface area contributed by atoms with Crippen LogP contribution in [0.15, 0.2) is 6.07 Å². The third kappa shape index (κ3) is 2.96. The van der Waals surface area contributed by atoms with Crippen molar-refractivity contribution in [1.29, 1.82) is 0 Å². The summed E-state index contributed by atoms with van der Waals surface area (Å²) >= 11 is 11.5. The smallest absolute Gasteiger partial charge is 0.225 e. The minimum absolute atomic E-state index is 0.0403. The molecule has 0 unspecified atom stereocenters. The van der Waals surface area contributed by atoms with Gasteiger partial charge in [0.05, 0.1) is 5.69 Å². The molecule has 112 valence electrons. The number of nitrogens with zero attached hydrogens (tertiary/aromatic N) is 4. The SMILES string of the molecule is Cc1cc(C2CCN(c3nc(Cl)nc(Cl)c3F)CC2)n[nH]1. The summed E-state index contributed by atoms with van der Waals surface area (Å²) in [6, 6.07) is 2.05. The molecule has 1 aliphatic rings. The molecule has 1 aliphatic heterocycles. The first-order valence-corrected chi connectivity index (χ1v) is 7.45. The number of nitrogens with one attached hydrogen (secondary N) is 1. The number of halogens is 3. The van der Waals surface area contributed by atoms with Gasteiger partial charge >= 0.3 is 0 Å². The van der Waals surface area contributed by atoms with Crippen LogP contribution < -0.4 is 4.90 Å². The summed E-state index contributed by atoms with van der Waals surface area (Å²) in [6.07, 6.45) is 1.76. The van der Waals surface area contributed by atoms with E-state index in [9.17, 15) is 4.39 Å². The highest BCUT2D eigenvalue weighted by Crippen LogP contribution is 2.31. The van der Waals surface area contributed by atoms with Crippen LogP contribution in [0, 0.1) is 12.7 Å². The van der Waals surface area contributed by atoms with Crippen LogP contribution in [0.1, 0.15) is 30.1 Å². The molecule has 0 radical (unpaired) electrons. The molecule has 2 aromatic rings. The molecule has 0 aliphatic carbocycles. The summed E-state index contributed by atoms with van der Waals surface area (Å²) in [4.78, 5) is 9.41. The van der Waals surface area contributed by atoms with Gasteiger partial charge in [-0.2, -0.15) is 14.5 Å². The first-order valence-electron chi connectivity index (χ1n) is 6.70. The van der Waals surface area contributed by atoms with Gasteiger partial charge < -0.3 is 4.90 Å². The lowest BCUT2D eigenvalue weighted by Gasteiger charge is -2.32. The van der Waals surface area contributed by atoms with Crippen LogP contribution in [0.4, 0.5) is 10.2 Å². The van der Waals surface area contributed by atoms with Gasteiger partial charge in [-0.05, 0) is 37.4 Å². The number of hydrogen-bond acceptors (Lipinski definition) is 4. The molecular weight excluding hydrogens is 316 g/mol. The first kappa shape index (κ1) is 14.5. The molecule has 5 nitrogen and oxygen atoms in total. The van der Waals surface area contributed by atoms with Crippen molar-refractivity contribution in [3.63, 3.8) is 0 Å². The topological polar surface area (TPSA) is 57.7 Å². The van der Waals surface area contributed by atoms with Crippen LogP contribution >= 0.6 is 23.2 Å². The molecular formula is C13H14Cl2FN5. The Kier molecular flexibility index (Phi) is 3.99. The number of rotatable bonds is 2.